The number of amides is 1. The van der Waals surface area contributed by atoms with Crippen LogP contribution in [0.5, 0.6) is 5.75 Å². The van der Waals surface area contributed by atoms with Crippen molar-refractivity contribution in [2.24, 2.45) is 11.1 Å². The van der Waals surface area contributed by atoms with Crippen LogP contribution in [0.15, 0.2) is 36.4 Å². The van der Waals surface area contributed by atoms with Crippen LogP contribution in [-0.2, 0) is 6.42 Å². The minimum atomic E-state index is -4.65. The lowest BCUT2D eigenvalue weighted by atomic mass is 9.86. The molecule has 0 fully saturated rings. The van der Waals surface area contributed by atoms with Gasteiger partial charge in [-0.25, -0.2) is 9.07 Å². The van der Waals surface area contributed by atoms with Gasteiger partial charge in [0.25, 0.3) is 5.91 Å². The molecule has 190 valence electrons. The number of ether oxygens (including phenoxy) is 1. The van der Waals surface area contributed by atoms with Crippen molar-refractivity contribution in [2.45, 2.75) is 39.4 Å². The van der Waals surface area contributed by atoms with Gasteiger partial charge in [0.15, 0.2) is 6.04 Å². The monoisotopic (exact) mass is 503 g/mol. The molecular formula is C25H25F4N5O2. The number of rotatable bonds is 6. The maximum atomic E-state index is 14.1. The molecule has 1 amide bonds. The highest BCUT2D eigenvalue weighted by atomic mass is 19.4. The first-order valence-corrected chi connectivity index (χ1v) is 10.8. The quantitative estimate of drug-likeness (QED) is 0.459. The number of nitrogens with two attached hydrogens (primary N) is 2. The van der Waals surface area contributed by atoms with Gasteiger partial charge in [0.05, 0.1) is 12.7 Å². The Labute approximate surface area is 205 Å². The van der Waals surface area contributed by atoms with Gasteiger partial charge in [-0.05, 0) is 23.1 Å². The average Bonchev–Trinajstić information content (AvgIpc) is 3.07. The fourth-order valence-corrected chi connectivity index (χ4v) is 4.16. The van der Waals surface area contributed by atoms with Gasteiger partial charge in [0.2, 0.25) is 0 Å². The van der Waals surface area contributed by atoms with E-state index in [9.17, 15) is 27.6 Å². The normalized spacial score (nSPS) is 12.8. The van der Waals surface area contributed by atoms with Gasteiger partial charge in [-0.1, -0.05) is 45.0 Å². The van der Waals surface area contributed by atoms with Gasteiger partial charge < -0.3 is 16.2 Å². The smallest absolute Gasteiger partial charge is 0.411 e. The summed E-state index contributed by atoms with van der Waals surface area (Å²) in [5, 5.41) is 13.7. The number of carbonyl (C=O) groups excluding carboxylic acids is 1. The van der Waals surface area contributed by atoms with Crippen molar-refractivity contribution in [1.82, 2.24) is 9.78 Å². The van der Waals surface area contributed by atoms with Crippen LogP contribution in [-0.4, -0.2) is 29.0 Å². The third kappa shape index (κ3) is 5.12. The number of carbonyl (C=O) groups is 1. The highest BCUT2D eigenvalue weighted by Crippen LogP contribution is 2.45. The number of nitrogen functional groups attached to an aromatic ring is 1. The van der Waals surface area contributed by atoms with Crippen LogP contribution >= 0.6 is 0 Å². The summed E-state index contributed by atoms with van der Waals surface area (Å²) < 4.78 is 61.6. The fourth-order valence-electron chi connectivity index (χ4n) is 4.16. The van der Waals surface area contributed by atoms with E-state index in [2.05, 4.69) is 5.10 Å². The summed E-state index contributed by atoms with van der Waals surface area (Å²) >= 11 is 0. The fraction of sp³-hybridized carbons (Fsp3) is 0.320. The molecule has 3 rings (SSSR count). The summed E-state index contributed by atoms with van der Waals surface area (Å²) in [4.78, 5) is 11.7. The molecule has 0 saturated carbocycles. The maximum Gasteiger partial charge on any atom is 0.411 e. The van der Waals surface area contributed by atoms with E-state index in [4.69, 9.17) is 16.2 Å². The number of benzene rings is 2. The third-order valence-electron chi connectivity index (χ3n) is 5.66. The Bertz CT molecular complexity index is 1320. The van der Waals surface area contributed by atoms with E-state index in [1.165, 1.54) is 33.9 Å². The highest BCUT2D eigenvalue weighted by molar-refractivity contribution is 5.96. The average molecular weight is 504 g/mol. The molecule has 0 aliphatic heterocycles. The second-order valence-electron chi connectivity index (χ2n) is 9.36. The Balaban J connectivity index is 2.03. The Morgan fingerprint density at radius 3 is 2.28 bits per heavy atom. The van der Waals surface area contributed by atoms with Crippen LogP contribution in [0.1, 0.15) is 53.9 Å². The van der Waals surface area contributed by atoms with Crippen LogP contribution in [0.25, 0.3) is 11.3 Å². The molecule has 1 unspecified atom stereocenters. The van der Waals surface area contributed by atoms with Crippen LogP contribution in [0.4, 0.5) is 23.4 Å². The van der Waals surface area contributed by atoms with Crippen LogP contribution in [0.2, 0.25) is 0 Å². The number of nitriles is 1. The van der Waals surface area contributed by atoms with Crippen molar-refractivity contribution in [1.29, 1.82) is 5.26 Å². The minimum absolute atomic E-state index is 0.0133. The lowest BCUT2D eigenvalue weighted by molar-refractivity contribution is -0.194. The van der Waals surface area contributed by atoms with Crippen LogP contribution in [0, 0.1) is 22.6 Å². The standard InChI is InChI=1S/C25H25F4N5O2/c1-24(2,3)23(25(27,28)29)34-21(31)18(12-30)19(33-34)14-7-5-13(6-8-14)9-15-10-16(26)11-17(22(32)35)20(15)36-4/h5-8,10-11,23H,9,31H2,1-4H3,(H2,32,35). The highest BCUT2D eigenvalue weighted by Gasteiger charge is 2.50. The van der Waals surface area contributed by atoms with Gasteiger partial charge in [-0.15, -0.1) is 0 Å². The number of halogens is 4. The first-order chi connectivity index (χ1) is 16.7. The maximum absolute atomic E-state index is 14.1. The number of nitrogens with zero attached hydrogens (tertiary/aromatic N) is 3. The van der Waals surface area contributed by atoms with E-state index >= 15 is 0 Å². The van der Waals surface area contributed by atoms with E-state index in [1.807, 2.05) is 6.07 Å². The molecule has 0 bridgehead atoms. The third-order valence-corrected chi connectivity index (χ3v) is 5.66. The SMILES string of the molecule is COc1c(Cc2ccc(-c3nn(C(C(C)(C)C)C(F)(F)F)c(N)c3C#N)cc2)cc(F)cc1C(N)=O. The Morgan fingerprint density at radius 2 is 1.81 bits per heavy atom. The largest absolute Gasteiger partial charge is 0.496 e. The van der Waals surface area contributed by atoms with Crippen molar-refractivity contribution in [3.63, 3.8) is 0 Å². The van der Waals surface area contributed by atoms with E-state index in [-0.39, 0.29) is 34.8 Å². The zero-order valence-electron chi connectivity index (χ0n) is 20.1. The molecule has 0 spiro atoms. The molecule has 3 aromatic rings. The second kappa shape index (κ2) is 9.53. The first-order valence-electron chi connectivity index (χ1n) is 10.8. The molecule has 0 radical (unpaired) electrons. The molecular weight excluding hydrogens is 478 g/mol. The van der Waals surface area contributed by atoms with Crippen molar-refractivity contribution < 1.29 is 27.1 Å². The van der Waals surface area contributed by atoms with Gasteiger partial charge in [0, 0.05) is 17.5 Å². The number of alkyl halides is 3. The summed E-state index contributed by atoms with van der Waals surface area (Å²) in [6, 6.07) is 8.45. The molecule has 1 atom stereocenters. The van der Waals surface area contributed by atoms with Gasteiger partial charge in [-0.2, -0.15) is 23.5 Å². The molecule has 1 heterocycles. The zero-order chi connectivity index (χ0) is 27.0. The molecule has 0 saturated heterocycles. The summed E-state index contributed by atoms with van der Waals surface area (Å²) in [6.07, 6.45) is -4.48. The predicted octanol–water partition coefficient (Wildman–Crippen LogP) is 4.99. The Kier molecular flexibility index (Phi) is 7.02. The number of methoxy groups -OCH3 is 1. The summed E-state index contributed by atoms with van der Waals surface area (Å²) in [5.41, 5.74) is 11.2. The van der Waals surface area contributed by atoms with Gasteiger partial charge in [-0.3, -0.25) is 4.79 Å². The van der Waals surface area contributed by atoms with Gasteiger partial charge >= 0.3 is 6.18 Å². The van der Waals surface area contributed by atoms with Crippen molar-refractivity contribution in [3.8, 4) is 23.1 Å². The van der Waals surface area contributed by atoms with E-state index in [0.717, 1.165) is 6.07 Å². The summed E-state index contributed by atoms with van der Waals surface area (Å²) in [6.45, 7) is 4.24. The van der Waals surface area contributed by atoms with E-state index < -0.39 is 29.4 Å². The topological polar surface area (TPSA) is 120 Å². The Morgan fingerprint density at radius 1 is 1.19 bits per heavy atom. The van der Waals surface area contributed by atoms with E-state index in [1.54, 1.807) is 24.3 Å². The minimum Gasteiger partial charge on any atom is -0.496 e. The molecule has 36 heavy (non-hydrogen) atoms. The van der Waals surface area contributed by atoms with Crippen molar-refractivity contribution in [2.75, 3.05) is 12.8 Å². The number of hydrogen-bond acceptors (Lipinski definition) is 5. The lowest BCUT2D eigenvalue weighted by Crippen LogP contribution is -2.38. The molecule has 11 heteroatoms. The van der Waals surface area contributed by atoms with Crippen molar-refractivity contribution >= 4 is 11.7 Å². The lowest BCUT2D eigenvalue weighted by Gasteiger charge is -2.33. The summed E-state index contributed by atoms with van der Waals surface area (Å²) in [7, 11) is 1.34. The Hall–Kier alpha value is -4.07. The van der Waals surface area contributed by atoms with E-state index in [0.29, 0.717) is 21.4 Å². The molecule has 0 aliphatic rings. The first kappa shape index (κ1) is 26.5. The van der Waals surface area contributed by atoms with Crippen molar-refractivity contribution in [3.05, 3.63) is 64.5 Å². The second-order valence-corrected chi connectivity index (χ2v) is 9.36. The molecule has 4 N–H and O–H groups in total. The molecule has 2 aromatic carbocycles. The number of primary amides is 1. The molecule has 1 aromatic heterocycles. The van der Waals surface area contributed by atoms with Crippen LogP contribution in [0.3, 0.4) is 0 Å². The molecule has 0 aliphatic carbocycles. The molecule has 7 nitrogen and oxygen atoms in total. The van der Waals surface area contributed by atoms with Crippen LogP contribution < -0.4 is 16.2 Å². The number of anilines is 1. The zero-order valence-corrected chi connectivity index (χ0v) is 20.1. The summed E-state index contributed by atoms with van der Waals surface area (Å²) in [5.74, 6) is -1.73. The number of hydrogen-bond donors (Lipinski definition) is 2. The van der Waals surface area contributed by atoms with Gasteiger partial charge in [0.1, 0.15) is 34.7 Å². The number of aromatic nitrogens is 2. The predicted molar refractivity (Wildman–Crippen MR) is 126 cm³/mol.